The lowest BCUT2D eigenvalue weighted by molar-refractivity contribution is 0.266. The number of rotatable bonds is 12. The molecule has 4 heteroatoms. The number of aliphatic hydroxyl groups excluding tert-OH is 2. The molecule has 0 aromatic heterocycles. The molecule has 2 N–H and O–H groups in total. The molecule has 0 amide bonds. The van der Waals surface area contributed by atoms with E-state index in [1.54, 1.807) is 0 Å². The van der Waals surface area contributed by atoms with Crippen LogP contribution in [-0.2, 0) is 0 Å². The van der Waals surface area contributed by atoms with Crippen LogP contribution in [0.25, 0.3) is 21.5 Å². The topological polar surface area (TPSA) is 58.9 Å². The van der Waals surface area contributed by atoms with Crippen LogP contribution in [-0.4, -0.2) is 36.6 Å². The Bertz CT molecular complexity index is 746. The Morgan fingerprint density at radius 1 is 0.500 bits per heavy atom. The predicted molar refractivity (Wildman–Crippen MR) is 114 cm³/mol. The number of hydrogen-bond acceptors (Lipinski definition) is 4. The second-order valence-electron chi connectivity index (χ2n) is 7.01. The van der Waals surface area contributed by atoms with E-state index in [-0.39, 0.29) is 13.2 Å². The molecule has 0 fully saturated rings. The summed E-state index contributed by atoms with van der Waals surface area (Å²) in [5.74, 6) is 1.81. The van der Waals surface area contributed by atoms with Crippen molar-refractivity contribution < 1.29 is 19.7 Å². The van der Waals surface area contributed by atoms with Crippen LogP contribution in [0.1, 0.15) is 38.5 Å². The molecule has 0 radical (unpaired) electrons. The first-order chi connectivity index (χ1) is 13.9. The van der Waals surface area contributed by atoms with Gasteiger partial charge >= 0.3 is 0 Å². The van der Waals surface area contributed by atoms with Crippen molar-refractivity contribution >= 4 is 21.5 Å². The molecule has 0 saturated carbocycles. The van der Waals surface area contributed by atoms with E-state index in [2.05, 4.69) is 24.3 Å². The molecule has 0 spiro atoms. The summed E-state index contributed by atoms with van der Waals surface area (Å²) >= 11 is 0. The van der Waals surface area contributed by atoms with E-state index in [0.29, 0.717) is 13.2 Å². The zero-order valence-corrected chi connectivity index (χ0v) is 16.4. The van der Waals surface area contributed by atoms with Gasteiger partial charge < -0.3 is 19.7 Å². The van der Waals surface area contributed by atoms with Gasteiger partial charge in [-0.3, -0.25) is 0 Å². The van der Waals surface area contributed by atoms with Crippen LogP contribution in [0.4, 0.5) is 0 Å². The zero-order valence-electron chi connectivity index (χ0n) is 16.4. The SMILES string of the molecule is OCCCCCOc1c2ccccc2c(OCCCCCO)c2ccccc12. The fourth-order valence-electron chi connectivity index (χ4n) is 3.49. The number of ether oxygens (including phenoxy) is 2. The van der Waals surface area contributed by atoms with Crippen LogP contribution in [0.5, 0.6) is 11.5 Å². The Labute approximate surface area is 166 Å². The fourth-order valence-corrected chi connectivity index (χ4v) is 3.49. The molecule has 0 aliphatic heterocycles. The number of fused-ring (bicyclic) bond motifs is 2. The van der Waals surface area contributed by atoms with Gasteiger partial charge in [-0.2, -0.15) is 0 Å². The van der Waals surface area contributed by atoms with Crippen molar-refractivity contribution in [2.45, 2.75) is 38.5 Å². The fraction of sp³-hybridized carbons (Fsp3) is 0.417. The van der Waals surface area contributed by atoms with E-state index >= 15 is 0 Å². The largest absolute Gasteiger partial charge is 0.492 e. The Kier molecular flexibility index (Phi) is 7.94. The quantitative estimate of drug-likeness (QED) is 0.339. The summed E-state index contributed by atoms with van der Waals surface area (Å²) in [5.41, 5.74) is 0. The third-order valence-electron chi connectivity index (χ3n) is 4.93. The smallest absolute Gasteiger partial charge is 0.135 e. The second kappa shape index (κ2) is 10.9. The summed E-state index contributed by atoms with van der Waals surface area (Å²) in [5, 5.41) is 22.1. The van der Waals surface area contributed by atoms with Crippen LogP contribution in [0.15, 0.2) is 48.5 Å². The van der Waals surface area contributed by atoms with Crippen molar-refractivity contribution in [1.29, 1.82) is 0 Å². The van der Waals surface area contributed by atoms with Gasteiger partial charge in [0, 0.05) is 34.8 Å². The number of unbranched alkanes of at least 4 members (excludes halogenated alkanes) is 4. The van der Waals surface area contributed by atoms with Gasteiger partial charge in [-0.25, -0.2) is 0 Å². The molecule has 0 unspecified atom stereocenters. The van der Waals surface area contributed by atoms with Crippen molar-refractivity contribution in [2.24, 2.45) is 0 Å². The van der Waals surface area contributed by atoms with Crippen molar-refractivity contribution in [3.8, 4) is 11.5 Å². The highest BCUT2D eigenvalue weighted by atomic mass is 16.5. The van der Waals surface area contributed by atoms with E-state index in [9.17, 15) is 0 Å². The first-order valence-electron chi connectivity index (χ1n) is 10.3. The van der Waals surface area contributed by atoms with Gasteiger partial charge in [0.2, 0.25) is 0 Å². The molecule has 3 aromatic rings. The summed E-state index contributed by atoms with van der Waals surface area (Å²) in [7, 11) is 0. The minimum Gasteiger partial charge on any atom is -0.492 e. The van der Waals surface area contributed by atoms with E-state index in [1.165, 1.54) is 0 Å². The van der Waals surface area contributed by atoms with Crippen molar-refractivity contribution in [1.82, 2.24) is 0 Å². The van der Waals surface area contributed by atoms with Gasteiger partial charge in [-0.1, -0.05) is 48.5 Å². The highest BCUT2D eigenvalue weighted by Crippen LogP contribution is 2.42. The van der Waals surface area contributed by atoms with E-state index in [4.69, 9.17) is 19.7 Å². The molecule has 3 aromatic carbocycles. The zero-order chi connectivity index (χ0) is 19.6. The van der Waals surface area contributed by atoms with Crippen LogP contribution < -0.4 is 9.47 Å². The lowest BCUT2D eigenvalue weighted by Crippen LogP contribution is -2.02. The van der Waals surface area contributed by atoms with E-state index < -0.39 is 0 Å². The minimum atomic E-state index is 0.232. The summed E-state index contributed by atoms with van der Waals surface area (Å²) in [6.45, 7) is 1.73. The van der Waals surface area contributed by atoms with Gasteiger partial charge in [0.15, 0.2) is 0 Å². The van der Waals surface area contributed by atoms with Crippen molar-refractivity contribution in [2.75, 3.05) is 26.4 Å². The number of benzene rings is 3. The second-order valence-corrected chi connectivity index (χ2v) is 7.01. The molecule has 0 saturated heterocycles. The third kappa shape index (κ3) is 4.94. The standard InChI is InChI=1S/C24H30O4/c25-15-7-1-9-17-27-23-19-11-3-5-13-21(19)24(28-18-10-2-8-16-26)22-14-6-4-12-20(22)23/h3-6,11-14,25-26H,1-2,7-10,15-18H2. The molecule has 0 aliphatic carbocycles. The molecule has 150 valence electrons. The van der Waals surface area contributed by atoms with Gasteiger partial charge in [0.25, 0.3) is 0 Å². The highest BCUT2D eigenvalue weighted by molar-refractivity contribution is 6.11. The maximum Gasteiger partial charge on any atom is 0.135 e. The van der Waals surface area contributed by atoms with Crippen LogP contribution >= 0.6 is 0 Å². The van der Waals surface area contributed by atoms with E-state index in [1.807, 2.05) is 24.3 Å². The normalized spacial score (nSPS) is 11.2. The summed E-state index contributed by atoms with van der Waals surface area (Å²) in [6, 6.07) is 16.5. The lowest BCUT2D eigenvalue weighted by Gasteiger charge is -2.18. The number of aliphatic hydroxyl groups is 2. The molecule has 0 bridgehead atoms. The average molecular weight is 383 g/mol. The minimum absolute atomic E-state index is 0.232. The monoisotopic (exact) mass is 382 g/mol. The summed E-state index contributed by atoms with van der Waals surface area (Å²) in [6.07, 6.45) is 5.39. The van der Waals surface area contributed by atoms with Gasteiger partial charge in [-0.05, 0) is 38.5 Å². The Morgan fingerprint density at radius 3 is 1.18 bits per heavy atom. The average Bonchev–Trinajstić information content (AvgIpc) is 2.74. The van der Waals surface area contributed by atoms with Crippen LogP contribution in [0.2, 0.25) is 0 Å². The molecule has 0 heterocycles. The van der Waals surface area contributed by atoms with Crippen LogP contribution in [0.3, 0.4) is 0 Å². The Balaban J connectivity index is 1.91. The molecular weight excluding hydrogens is 352 g/mol. The maximum atomic E-state index is 8.95. The van der Waals surface area contributed by atoms with Gasteiger partial charge in [0.05, 0.1) is 13.2 Å². The Hall–Kier alpha value is -2.30. The molecule has 3 rings (SSSR count). The maximum absolute atomic E-state index is 8.95. The highest BCUT2D eigenvalue weighted by Gasteiger charge is 2.15. The third-order valence-corrected chi connectivity index (χ3v) is 4.93. The van der Waals surface area contributed by atoms with E-state index in [0.717, 1.165) is 71.6 Å². The molecule has 28 heavy (non-hydrogen) atoms. The molecule has 4 nitrogen and oxygen atoms in total. The predicted octanol–water partition coefficient (Wildman–Crippen LogP) is 5.08. The van der Waals surface area contributed by atoms with Gasteiger partial charge in [0.1, 0.15) is 11.5 Å². The van der Waals surface area contributed by atoms with Crippen molar-refractivity contribution in [3.05, 3.63) is 48.5 Å². The number of hydrogen-bond donors (Lipinski definition) is 2. The molecule has 0 atom stereocenters. The first kappa shape index (κ1) is 20.4. The molecular formula is C24H30O4. The molecule has 0 aliphatic rings. The Morgan fingerprint density at radius 2 is 0.857 bits per heavy atom. The summed E-state index contributed by atoms with van der Waals surface area (Å²) < 4.78 is 12.5. The van der Waals surface area contributed by atoms with Crippen LogP contribution in [0, 0.1) is 0 Å². The van der Waals surface area contributed by atoms with Crippen molar-refractivity contribution in [3.63, 3.8) is 0 Å². The lowest BCUT2D eigenvalue weighted by atomic mass is 10.0. The summed E-state index contributed by atoms with van der Waals surface area (Å²) in [4.78, 5) is 0. The van der Waals surface area contributed by atoms with Gasteiger partial charge in [-0.15, -0.1) is 0 Å². The first-order valence-corrected chi connectivity index (χ1v) is 10.3.